The number of hydrogen-bond acceptors (Lipinski definition) is 5. The van der Waals surface area contributed by atoms with Crippen LogP contribution in [-0.2, 0) is 0 Å². The Kier molecular flexibility index (Phi) is 1.71. The van der Waals surface area contributed by atoms with Crippen LogP contribution in [0.15, 0.2) is 27.2 Å². The molecule has 0 aromatic carbocycles. The molecule has 2 aromatic heterocycles. The molecule has 0 spiro atoms. The topological polar surface area (TPSA) is 69.1 Å². The summed E-state index contributed by atoms with van der Waals surface area (Å²) in [6, 6.07) is 3.43. The Hall–Kier alpha value is -1.91. The molecule has 1 aliphatic carbocycles. The number of nitrogens with zero attached hydrogens (tertiary/aromatic N) is 2. The Bertz CT molecular complexity index is 483. The van der Waals surface area contributed by atoms with Crippen LogP contribution in [0.25, 0.3) is 11.7 Å². The lowest BCUT2D eigenvalue weighted by Crippen LogP contribution is -2.01. The first-order chi connectivity index (χ1) is 7.34. The van der Waals surface area contributed by atoms with Crippen molar-refractivity contribution in [3.63, 3.8) is 0 Å². The predicted molar refractivity (Wildman–Crippen MR) is 49.1 cm³/mol. The van der Waals surface area contributed by atoms with Crippen LogP contribution in [-0.4, -0.2) is 16.0 Å². The average molecular weight is 204 g/mol. The molecule has 15 heavy (non-hydrogen) atoms. The van der Waals surface area contributed by atoms with Gasteiger partial charge in [-0.2, -0.15) is 0 Å². The van der Waals surface area contributed by atoms with Crippen LogP contribution in [0.3, 0.4) is 0 Å². The molecule has 76 valence electrons. The number of ketones is 1. The average Bonchev–Trinajstić information content (AvgIpc) is 2.80. The quantitative estimate of drug-likeness (QED) is 0.714. The molecule has 0 N–H and O–H groups in total. The summed E-state index contributed by atoms with van der Waals surface area (Å²) >= 11 is 0. The number of carbonyl (C=O) groups excluding carboxylic acids is 1. The molecule has 2 heterocycles. The van der Waals surface area contributed by atoms with E-state index in [1.54, 1.807) is 12.1 Å². The van der Waals surface area contributed by atoms with Gasteiger partial charge in [0.25, 0.3) is 11.8 Å². The normalized spacial score (nSPS) is 15.5. The largest absolute Gasteiger partial charge is 0.459 e. The van der Waals surface area contributed by atoms with Gasteiger partial charge in [-0.15, -0.1) is 10.2 Å². The molecule has 1 fully saturated rings. The Morgan fingerprint density at radius 3 is 2.93 bits per heavy atom. The fourth-order valence-corrected chi connectivity index (χ4v) is 1.34. The minimum absolute atomic E-state index is 0.0553. The maximum absolute atomic E-state index is 11.6. The number of carbonyl (C=O) groups is 1. The van der Waals surface area contributed by atoms with E-state index in [0.29, 0.717) is 5.76 Å². The van der Waals surface area contributed by atoms with Crippen LogP contribution in [0.1, 0.15) is 23.5 Å². The van der Waals surface area contributed by atoms with E-state index in [-0.39, 0.29) is 23.5 Å². The number of rotatable bonds is 3. The summed E-state index contributed by atoms with van der Waals surface area (Å²) in [6.45, 7) is 0. The highest BCUT2D eigenvalue weighted by molar-refractivity contribution is 5.95. The van der Waals surface area contributed by atoms with Crippen molar-refractivity contribution >= 4 is 5.78 Å². The molecule has 0 saturated heterocycles. The second-order valence-electron chi connectivity index (χ2n) is 3.53. The number of furan rings is 1. The van der Waals surface area contributed by atoms with Crippen LogP contribution in [0, 0.1) is 5.92 Å². The SMILES string of the molecule is O=C(c1nnc(-c2ccco2)o1)C1CC1. The minimum atomic E-state index is -0.0553. The van der Waals surface area contributed by atoms with Gasteiger partial charge in [-0.3, -0.25) is 4.79 Å². The van der Waals surface area contributed by atoms with Crippen LogP contribution in [0.4, 0.5) is 0 Å². The Morgan fingerprint density at radius 2 is 2.27 bits per heavy atom. The maximum Gasteiger partial charge on any atom is 0.284 e. The van der Waals surface area contributed by atoms with Gasteiger partial charge in [0.1, 0.15) is 0 Å². The summed E-state index contributed by atoms with van der Waals surface area (Å²) in [7, 11) is 0. The molecule has 3 rings (SSSR count). The van der Waals surface area contributed by atoms with E-state index in [9.17, 15) is 4.79 Å². The lowest BCUT2D eigenvalue weighted by atomic mass is 10.3. The number of Topliss-reactive ketones (excluding diaryl/α,β-unsaturated/α-hetero) is 1. The molecular weight excluding hydrogens is 196 g/mol. The van der Waals surface area contributed by atoms with Crippen LogP contribution < -0.4 is 0 Å². The zero-order valence-electron chi connectivity index (χ0n) is 7.84. The summed E-state index contributed by atoms with van der Waals surface area (Å²) in [4.78, 5) is 11.6. The molecule has 0 unspecified atom stereocenters. The minimum Gasteiger partial charge on any atom is -0.459 e. The molecule has 5 heteroatoms. The van der Waals surface area contributed by atoms with Gasteiger partial charge >= 0.3 is 0 Å². The van der Waals surface area contributed by atoms with Crippen LogP contribution >= 0.6 is 0 Å². The number of hydrogen-bond donors (Lipinski definition) is 0. The first-order valence-electron chi connectivity index (χ1n) is 4.76. The van der Waals surface area contributed by atoms with Crippen LogP contribution in [0.5, 0.6) is 0 Å². The Labute approximate surface area is 85.1 Å². The van der Waals surface area contributed by atoms with Crippen molar-refractivity contribution in [1.82, 2.24) is 10.2 Å². The number of aromatic nitrogens is 2. The highest BCUT2D eigenvalue weighted by Gasteiger charge is 2.34. The van der Waals surface area contributed by atoms with Gasteiger partial charge in [0.05, 0.1) is 6.26 Å². The van der Waals surface area contributed by atoms with Crippen molar-refractivity contribution < 1.29 is 13.6 Å². The van der Waals surface area contributed by atoms with E-state index in [1.807, 2.05) is 0 Å². The summed E-state index contributed by atoms with van der Waals surface area (Å²) in [6.07, 6.45) is 3.37. The third kappa shape index (κ3) is 1.45. The molecule has 0 amide bonds. The molecule has 0 radical (unpaired) electrons. The maximum atomic E-state index is 11.6. The standard InChI is InChI=1S/C10H8N2O3/c13-8(6-3-4-6)10-12-11-9(15-10)7-2-1-5-14-7/h1-2,5-6H,3-4H2. The summed E-state index contributed by atoms with van der Waals surface area (Å²) in [5, 5.41) is 7.47. The zero-order chi connectivity index (χ0) is 10.3. The molecular formula is C10H8N2O3. The lowest BCUT2D eigenvalue weighted by Gasteiger charge is -1.88. The lowest BCUT2D eigenvalue weighted by molar-refractivity contribution is 0.0934. The van der Waals surface area contributed by atoms with Gasteiger partial charge in [0, 0.05) is 5.92 Å². The van der Waals surface area contributed by atoms with Gasteiger partial charge in [-0.05, 0) is 25.0 Å². The molecule has 5 nitrogen and oxygen atoms in total. The van der Waals surface area contributed by atoms with Crippen LogP contribution in [0.2, 0.25) is 0 Å². The van der Waals surface area contributed by atoms with Gasteiger partial charge in [0.15, 0.2) is 5.76 Å². The van der Waals surface area contributed by atoms with Gasteiger partial charge in [0.2, 0.25) is 5.78 Å². The smallest absolute Gasteiger partial charge is 0.284 e. The third-order valence-corrected chi connectivity index (χ3v) is 2.32. The van der Waals surface area contributed by atoms with E-state index < -0.39 is 0 Å². The molecule has 1 saturated carbocycles. The van der Waals surface area contributed by atoms with Crippen molar-refractivity contribution in [3.05, 3.63) is 24.3 Å². The van der Waals surface area contributed by atoms with E-state index >= 15 is 0 Å². The first-order valence-corrected chi connectivity index (χ1v) is 4.76. The summed E-state index contributed by atoms with van der Waals surface area (Å²) in [5.74, 6) is 0.862. The van der Waals surface area contributed by atoms with Crippen molar-refractivity contribution in [2.24, 2.45) is 5.92 Å². The van der Waals surface area contributed by atoms with E-state index in [4.69, 9.17) is 8.83 Å². The zero-order valence-corrected chi connectivity index (χ0v) is 7.84. The fourth-order valence-electron chi connectivity index (χ4n) is 1.34. The molecule has 2 aromatic rings. The predicted octanol–water partition coefficient (Wildman–Crippen LogP) is 1.92. The Morgan fingerprint density at radius 1 is 1.40 bits per heavy atom. The fraction of sp³-hybridized carbons (Fsp3) is 0.300. The molecule has 0 aliphatic heterocycles. The molecule has 0 bridgehead atoms. The van der Waals surface area contributed by atoms with E-state index in [1.165, 1.54) is 6.26 Å². The second-order valence-corrected chi connectivity index (χ2v) is 3.53. The molecule has 0 atom stereocenters. The van der Waals surface area contributed by atoms with Gasteiger partial charge < -0.3 is 8.83 Å². The van der Waals surface area contributed by atoms with Crippen molar-refractivity contribution in [2.45, 2.75) is 12.8 Å². The Balaban J connectivity index is 1.90. The highest BCUT2D eigenvalue weighted by atomic mass is 16.4. The monoisotopic (exact) mass is 204 g/mol. The molecule has 1 aliphatic rings. The van der Waals surface area contributed by atoms with Crippen molar-refractivity contribution in [3.8, 4) is 11.7 Å². The highest BCUT2D eigenvalue weighted by Crippen LogP contribution is 2.32. The summed E-state index contributed by atoms with van der Waals surface area (Å²) < 4.78 is 10.3. The summed E-state index contributed by atoms with van der Waals surface area (Å²) in [5.41, 5.74) is 0. The van der Waals surface area contributed by atoms with Crippen molar-refractivity contribution in [2.75, 3.05) is 0 Å². The van der Waals surface area contributed by atoms with E-state index in [0.717, 1.165) is 12.8 Å². The second kappa shape index (κ2) is 3.05. The van der Waals surface area contributed by atoms with Crippen molar-refractivity contribution in [1.29, 1.82) is 0 Å². The van der Waals surface area contributed by atoms with Gasteiger partial charge in [-0.1, -0.05) is 0 Å². The third-order valence-electron chi connectivity index (χ3n) is 2.32. The van der Waals surface area contributed by atoms with Gasteiger partial charge in [-0.25, -0.2) is 0 Å². The van der Waals surface area contributed by atoms with E-state index in [2.05, 4.69) is 10.2 Å². The first kappa shape index (κ1) is 8.40.